The minimum Gasteiger partial charge on any atom is -0.494 e. The Morgan fingerprint density at radius 2 is 1.40 bits per heavy atom. The van der Waals surface area contributed by atoms with Crippen LogP contribution in [0.1, 0.15) is 49.3 Å². The van der Waals surface area contributed by atoms with Crippen molar-refractivity contribution in [1.82, 2.24) is 0 Å². The van der Waals surface area contributed by atoms with E-state index < -0.39 is 0 Å². The molecule has 0 N–H and O–H groups in total. The van der Waals surface area contributed by atoms with Crippen molar-refractivity contribution >= 4 is 45.3 Å². The molecule has 0 heterocycles. The van der Waals surface area contributed by atoms with Crippen LogP contribution in [0.3, 0.4) is 0 Å². The van der Waals surface area contributed by atoms with E-state index in [1.54, 1.807) is 0 Å². The maximum Gasteiger partial charge on any atom is 0.119 e. The second-order valence-corrected chi connectivity index (χ2v) is 8.83. The molecule has 1 nitrogen and oxygen atoms in total. The van der Waals surface area contributed by atoms with Crippen LogP contribution < -0.4 is 4.74 Å². The molecule has 3 aromatic carbocycles. The summed E-state index contributed by atoms with van der Waals surface area (Å²) in [5.74, 6) is 1.65. The molecular formula is C27H28ClIO. The van der Waals surface area contributed by atoms with E-state index in [-0.39, 0.29) is 0 Å². The number of allylic oxidation sites excluding steroid dienone is 1. The van der Waals surface area contributed by atoms with Crippen LogP contribution in [-0.2, 0) is 0 Å². The van der Waals surface area contributed by atoms with Gasteiger partial charge in [0.05, 0.1) is 6.61 Å². The smallest absolute Gasteiger partial charge is 0.119 e. The van der Waals surface area contributed by atoms with Crippen LogP contribution in [0.15, 0.2) is 78.9 Å². The van der Waals surface area contributed by atoms with Crippen molar-refractivity contribution in [2.24, 2.45) is 0 Å². The van der Waals surface area contributed by atoms with Crippen LogP contribution in [0.2, 0.25) is 0 Å². The van der Waals surface area contributed by atoms with E-state index in [2.05, 4.69) is 108 Å². The van der Waals surface area contributed by atoms with E-state index in [4.69, 9.17) is 16.3 Å². The first-order valence-electron chi connectivity index (χ1n) is 10.6. The monoisotopic (exact) mass is 530 g/mol. The Balaban J connectivity index is 1.93. The number of alkyl halides is 1. The molecule has 0 saturated heterocycles. The van der Waals surface area contributed by atoms with Gasteiger partial charge in [0.1, 0.15) is 5.75 Å². The van der Waals surface area contributed by atoms with Gasteiger partial charge >= 0.3 is 0 Å². The van der Waals surface area contributed by atoms with Gasteiger partial charge in [0.2, 0.25) is 0 Å². The first kappa shape index (κ1) is 22.9. The number of rotatable bonds is 10. The summed E-state index contributed by atoms with van der Waals surface area (Å²) in [5.41, 5.74) is 6.37. The van der Waals surface area contributed by atoms with E-state index in [0.717, 1.165) is 43.9 Å². The van der Waals surface area contributed by atoms with Gasteiger partial charge in [0.15, 0.2) is 0 Å². The lowest BCUT2D eigenvalue weighted by atomic mass is 9.88. The topological polar surface area (TPSA) is 9.23 Å². The second-order valence-electron chi connectivity index (χ2n) is 7.20. The molecule has 30 heavy (non-hydrogen) atoms. The van der Waals surface area contributed by atoms with Gasteiger partial charge in [0.25, 0.3) is 0 Å². The molecular weight excluding hydrogens is 503 g/mol. The highest BCUT2D eigenvalue weighted by molar-refractivity contribution is 14.1. The second kappa shape index (κ2) is 12.2. The van der Waals surface area contributed by atoms with E-state index >= 15 is 0 Å². The number of hydrogen-bond donors (Lipinski definition) is 0. The third-order valence-electron chi connectivity index (χ3n) is 5.10. The molecule has 0 unspecified atom stereocenters. The van der Waals surface area contributed by atoms with Crippen LogP contribution >= 0.6 is 34.2 Å². The quantitative estimate of drug-likeness (QED) is 0.111. The first-order valence-corrected chi connectivity index (χ1v) is 12.2. The summed E-state index contributed by atoms with van der Waals surface area (Å²) < 4.78 is 7.16. The molecule has 0 amide bonds. The molecule has 0 aliphatic rings. The van der Waals surface area contributed by atoms with Crippen molar-refractivity contribution < 1.29 is 4.74 Å². The predicted molar refractivity (Wildman–Crippen MR) is 138 cm³/mol. The maximum absolute atomic E-state index is 5.92. The summed E-state index contributed by atoms with van der Waals surface area (Å²) in [5, 5.41) is 0. The van der Waals surface area contributed by atoms with E-state index in [1.807, 2.05) is 0 Å². The van der Waals surface area contributed by atoms with Crippen LogP contribution in [0, 0.1) is 3.57 Å². The first-order chi connectivity index (χ1) is 14.7. The highest BCUT2D eigenvalue weighted by atomic mass is 127. The predicted octanol–water partition coefficient (Wildman–Crippen LogP) is 8.45. The molecule has 3 heteroatoms. The van der Waals surface area contributed by atoms with Crippen molar-refractivity contribution in [2.75, 3.05) is 12.5 Å². The van der Waals surface area contributed by atoms with Crippen molar-refractivity contribution in [3.63, 3.8) is 0 Å². The molecule has 0 aromatic heterocycles. The van der Waals surface area contributed by atoms with Crippen LogP contribution in [0.25, 0.3) is 11.1 Å². The standard InChI is InChI=1S/C27H28ClIO/c1-2-26(21-9-5-3-6-10-21)27(22-11-15-24(29)16-12-22)23-13-17-25(18-14-23)30-20-8-4-7-19-28/h3,5-6,9-18H,2,4,7-8,19-20H2,1H3/b27-26-. The summed E-state index contributed by atoms with van der Waals surface area (Å²) in [6, 6.07) is 28.0. The molecule has 0 aliphatic heterocycles. The van der Waals surface area contributed by atoms with Gasteiger partial charge in [0, 0.05) is 9.45 Å². The third kappa shape index (κ3) is 6.36. The van der Waals surface area contributed by atoms with Gasteiger partial charge in [-0.3, -0.25) is 0 Å². The zero-order valence-electron chi connectivity index (χ0n) is 17.4. The van der Waals surface area contributed by atoms with Crippen LogP contribution in [0.5, 0.6) is 5.75 Å². The van der Waals surface area contributed by atoms with Crippen molar-refractivity contribution in [3.8, 4) is 5.75 Å². The molecule has 0 aliphatic carbocycles. The summed E-state index contributed by atoms with van der Waals surface area (Å²) in [6.45, 7) is 2.97. The molecule has 156 valence electrons. The van der Waals surface area contributed by atoms with E-state index in [0.29, 0.717) is 0 Å². The number of benzene rings is 3. The fourth-order valence-corrected chi connectivity index (χ4v) is 4.13. The fourth-order valence-electron chi connectivity index (χ4n) is 3.58. The number of halogens is 2. The number of hydrogen-bond acceptors (Lipinski definition) is 1. The summed E-state index contributed by atoms with van der Waals surface area (Å²) >= 11 is 8.10. The lowest BCUT2D eigenvalue weighted by molar-refractivity contribution is 0.306. The molecule has 0 saturated carbocycles. The highest BCUT2D eigenvalue weighted by Gasteiger charge is 2.13. The summed E-state index contributed by atoms with van der Waals surface area (Å²) in [6.07, 6.45) is 4.16. The highest BCUT2D eigenvalue weighted by Crippen LogP contribution is 2.35. The minimum atomic E-state index is 0.726. The average Bonchev–Trinajstić information content (AvgIpc) is 2.79. The Labute approximate surface area is 199 Å². The largest absolute Gasteiger partial charge is 0.494 e. The van der Waals surface area contributed by atoms with Crippen LogP contribution in [0.4, 0.5) is 0 Å². The lowest BCUT2D eigenvalue weighted by Gasteiger charge is -2.17. The molecule has 0 radical (unpaired) electrons. The zero-order valence-corrected chi connectivity index (χ0v) is 20.3. The molecule has 3 rings (SSSR count). The Morgan fingerprint density at radius 1 is 0.767 bits per heavy atom. The van der Waals surface area contributed by atoms with Gasteiger partial charge in [-0.1, -0.05) is 61.5 Å². The van der Waals surface area contributed by atoms with Gasteiger partial charge in [-0.15, -0.1) is 11.6 Å². The Hall–Kier alpha value is -1.78. The number of unbranched alkanes of at least 4 members (excludes halogenated alkanes) is 2. The lowest BCUT2D eigenvalue weighted by Crippen LogP contribution is -1.98. The van der Waals surface area contributed by atoms with E-state index in [9.17, 15) is 0 Å². The van der Waals surface area contributed by atoms with E-state index in [1.165, 1.54) is 31.4 Å². The Morgan fingerprint density at radius 3 is 2.00 bits per heavy atom. The average molecular weight is 531 g/mol. The van der Waals surface area contributed by atoms with Crippen LogP contribution in [-0.4, -0.2) is 12.5 Å². The third-order valence-corrected chi connectivity index (χ3v) is 6.09. The number of ether oxygens (including phenoxy) is 1. The Bertz CT molecular complexity index is 931. The molecule has 0 atom stereocenters. The Kier molecular flexibility index (Phi) is 9.28. The van der Waals surface area contributed by atoms with Crippen molar-refractivity contribution in [2.45, 2.75) is 32.6 Å². The zero-order chi connectivity index (χ0) is 21.2. The fraction of sp³-hybridized carbons (Fsp3) is 0.259. The van der Waals surface area contributed by atoms with Gasteiger partial charge in [-0.2, -0.15) is 0 Å². The SMILES string of the molecule is CC/C(=C(\c1ccc(I)cc1)c1ccc(OCCCCCCl)cc1)c1ccccc1. The maximum atomic E-state index is 5.92. The van der Waals surface area contributed by atoms with Gasteiger partial charge < -0.3 is 4.74 Å². The normalized spacial score (nSPS) is 11.8. The van der Waals surface area contributed by atoms with Gasteiger partial charge in [-0.05, 0) is 100 Å². The van der Waals surface area contributed by atoms with Crippen molar-refractivity contribution in [3.05, 3.63) is 99.1 Å². The molecule has 0 fully saturated rings. The summed E-state index contributed by atoms with van der Waals surface area (Å²) in [7, 11) is 0. The van der Waals surface area contributed by atoms with Crippen molar-refractivity contribution in [1.29, 1.82) is 0 Å². The van der Waals surface area contributed by atoms with Gasteiger partial charge in [-0.25, -0.2) is 0 Å². The minimum absolute atomic E-state index is 0.726. The molecule has 0 bridgehead atoms. The molecule has 0 spiro atoms. The summed E-state index contributed by atoms with van der Waals surface area (Å²) in [4.78, 5) is 0. The molecule has 3 aromatic rings.